The Balaban J connectivity index is 1.47. The van der Waals surface area contributed by atoms with Crippen molar-refractivity contribution in [2.24, 2.45) is 0 Å². The van der Waals surface area contributed by atoms with Gasteiger partial charge in [-0.2, -0.15) is 0 Å². The Bertz CT molecular complexity index is 572. The Morgan fingerprint density at radius 1 is 0.783 bits per heavy atom. The number of hydrogen-bond donors (Lipinski definition) is 1. The summed E-state index contributed by atoms with van der Waals surface area (Å²) in [5, 5.41) is 3.51. The van der Waals surface area contributed by atoms with Gasteiger partial charge in [0.1, 0.15) is 0 Å². The summed E-state index contributed by atoms with van der Waals surface area (Å²) in [4.78, 5) is 5.01. The first-order valence-electron chi connectivity index (χ1n) is 8.66. The Labute approximate surface area is 139 Å². The topological polar surface area (TPSA) is 18.5 Å². The zero-order chi connectivity index (χ0) is 15.9. The van der Waals surface area contributed by atoms with Crippen LogP contribution in [-0.4, -0.2) is 37.6 Å². The minimum Gasteiger partial charge on any atom is -0.369 e. The molecule has 0 bridgehead atoms. The van der Waals surface area contributed by atoms with Gasteiger partial charge in [-0.3, -0.25) is 0 Å². The highest BCUT2D eigenvalue weighted by molar-refractivity contribution is 5.48. The maximum atomic E-state index is 3.51. The third-order valence-corrected chi connectivity index (χ3v) is 4.62. The summed E-state index contributed by atoms with van der Waals surface area (Å²) in [7, 11) is 0. The van der Waals surface area contributed by atoms with Crippen molar-refractivity contribution >= 4 is 5.69 Å². The van der Waals surface area contributed by atoms with Crippen LogP contribution in [0.1, 0.15) is 18.1 Å². The van der Waals surface area contributed by atoms with Crippen molar-refractivity contribution < 1.29 is 0 Å². The molecule has 122 valence electrons. The lowest BCUT2D eigenvalue weighted by atomic mass is 10.1. The van der Waals surface area contributed by atoms with E-state index in [4.69, 9.17) is 0 Å². The van der Waals surface area contributed by atoms with Crippen molar-refractivity contribution in [1.29, 1.82) is 0 Å². The first kappa shape index (κ1) is 16.0. The number of anilines is 1. The van der Waals surface area contributed by atoms with Crippen molar-refractivity contribution in [3.63, 3.8) is 0 Å². The van der Waals surface area contributed by atoms with Gasteiger partial charge in [0, 0.05) is 45.0 Å². The summed E-state index contributed by atoms with van der Waals surface area (Å²) >= 11 is 0. The van der Waals surface area contributed by atoms with Crippen molar-refractivity contribution in [2.75, 3.05) is 37.6 Å². The van der Waals surface area contributed by atoms with E-state index < -0.39 is 0 Å². The third kappa shape index (κ3) is 4.57. The standard InChI is InChI=1S/C20H27N3/c1-2-22-12-14-23(15-13-22)20-10-8-19(9-11-20)17-21-16-18-6-4-3-5-7-18/h3-11,21H,2,12-17H2,1H3. The van der Waals surface area contributed by atoms with E-state index in [9.17, 15) is 0 Å². The summed E-state index contributed by atoms with van der Waals surface area (Å²) in [6.07, 6.45) is 0. The van der Waals surface area contributed by atoms with E-state index in [1.54, 1.807) is 0 Å². The molecule has 1 aliphatic rings. The number of hydrogen-bond acceptors (Lipinski definition) is 3. The number of nitrogens with zero attached hydrogens (tertiary/aromatic N) is 2. The average Bonchev–Trinajstić information content (AvgIpc) is 2.63. The van der Waals surface area contributed by atoms with Crippen LogP contribution >= 0.6 is 0 Å². The second-order valence-electron chi connectivity index (χ2n) is 6.18. The van der Waals surface area contributed by atoms with Crippen LogP contribution in [0.2, 0.25) is 0 Å². The van der Waals surface area contributed by atoms with E-state index in [-0.39, 0.29) is 0 Å². The molecule has 3 nitrogen and oxygen atoms in total. The molecule has 3 rings (SSSR count). The summed E-state index contributed by atoms with van der Waals surface area (Å²) in [6.45, 7) is 9.87. The fraction of sp³-hybridized carbons (Fsp3) is 0.400. The number of piperazine rings is 1. The van der Waals surface area contributed by atoms with Gasteiger partial charge in [-0.05, 0) is 29.8 Å². The van der Waals surface area contributed by atoms with Crippen LogP contribution in [0.5, 0.6) is 0 Å². The molecule has 1 heterocycles. The van der Waals surface area contributed by atoms with E-state index in [1.165, 1.54) is 36.4 Å². The summed E-state index contributed by atoms with van der Waals surface area (Å²) in [5.74, 6) is 0. The van der Waals surface area contributed by atoms with E-state index in [0.717, 1.165) is 26.2 Å². The molecule has 0 spiro atoms. The zero-order valence-corrected chi connectivity index (χ0v) is 14.0. The van der Waals surface area contributed by atoms with Gasteiger partial charge in [0.15, 0.2) is 0 Å². The second kappa shape index (κ2) is 8.14. The first-order chi connectivity index (χ1) is 11.3. The smallest absolute Gasteiger partial charge is 0.0367 e. The molecule has 0 saturated carbocycles. The largest absolute Gasteiger partial charge is 0.369 e. The van der Waals surface area contributed by atoms with Gasteiger partial charge in [-0.25, -0.2) is 0 Å². The molecule has 2 aromatic carbocycles. The Morgan fingerprint density at radius 3 is 2.00 bits per heavy atom. The quantitative estimate of drug-likeness (QED) is 0.884. The molecule has 0 amide bonds. The minimum atomic E-state index is 0.915. The SMILES string of the molecule is CCN1CCN(c2ccc(CNCc3ccccc3)cc2)CC1. The van der Waals surface area contributed by atoms with Gasteiger partial charge in [0.05, 0.1) is 0 Å². The minimum absolute atomic E-state index is 0.915. The van der Waals surface area contributed by atoms with Gasteiger partial charge in [-0.1, -0.05) is 49.4 Å². The maximum absolute atomic E-state index is 3.51. The highest BCUT2D eigenvalue weighted by Crippen LogP contribution is 2.17. The van der Waals surface area contributed by atoms with Crippen molar-refractivity contribution in [2.45, 2.75) is 20.0 Å². The average molecular weight is 309 g/mol. The predicted octanol–water partition coefficient (Wildman–Crippen LogP) is 3.12. The van der Waals surface area contributed by atoms with Gasteiger partial charge in [0.2, 0.25) is 0 Å². The third-order valence-electron chi connectivity index (χ3n) is 4.62. The van der Waals surface area contributed by atoms with Crippen LogP contribution in [0, 0.1) is 0 Å². The van der Waals surface area contributed by atoms with Crippen LogP contribution in [0.4, 0.5) is 5.69 Å². The van der Waals surface area contributed by atoms with E-state index in [2.05, 4.69) is 76.6 Å². The number of nitrogens with one attached hydrogen (secondary N) is 1. The molecular formula is C20H27N3. The van der Waals surface area contributed by atoms with Gasteiger partial charge >= 0.3 is 0 Å². The number of benzene rings is 2. The summed E-state index contributed by atoms with van der Waals surface area (Å²) < 4.78 is 0. The Morgan fingerprint density at radius 2 is 1.39 bits per heavy atom. The van der Waals surface area contributed by atoms with Crippen LogP contribution in [0.15, 0.2) is 54.6 Å². The molecule has 1 aliphatic heterocycles. The van der Waals surface area contributed by atoms with Crippen LogP contribution in [-0.2, 0) is 13.1 Å². The zero-order valence-electron chi connectivity index (χ0n) is 14.0. The van der Waals surface area contributed by atoms with Crippen LogP contribution < -0.4 is 10.2 Å². The highest BCUT2D eigenvalue weighted by atomic mass is 15.3. The molecule has 0 aromatic heterocycles. The molecule has 3 heteroatoms. The lowest BCUT2D eigenvalue weighted by Crippen LogP contribution is -2.46. The molecular weight excluding hydrogens is 282 g/mol. The van der Waals surface area contributed by atoms with Gasteiger partial charge in [0.25, 0.3) is 0 Å². The van der Waals surface area contributed by atoms with Crippen molar-refractivity contribution in [1.82, 2.24) is 10.2 Å². The molecule has 0 radical (unpaired) electrons. The summed E-state index contributed by atoms with van der Waals surface area (Å²) in [5.41, 5.74) is 4.03. The lowest BCUT2D eigenvalue weighted by molar-refractivity contribution is 0.271. The fourth-order valence-corrected chi connectivity index (χ4v) is 3.09. The molecule has 0 atom stereocenters. The van der Waals surface area contributed by atoms with E-state index in [1.807, 2.05) is 0 Å². The summed E-state index contributed by atoms with van der Waals surface area (Å²) in [6, 6.07) is 19.6. The Kier molecular flexibility index (Phi) is 5.67. The predicted molar refractivity (Wildman–Crippen MR) is 97.8 cm³/mol. The molecule has 1 fully saturated rings. The molecule has 1 N–H and O–H groups in total. The van der Waals surface area contributed by atoms with Crippen molar-refractivity contribution in [3.8, 4) is 0 Å². The molecule has 1 saturated heterocycles. The first-order valence-corrected chi connectivity index (χ1v) is 8.66. The maximum Gasteiger partial charge on any atom is 0.0367 e. The van der Waals surface area contributed by atoms with Gasteiger partial charge < -0.3 is 15.1 Å². The van der Waals surface area contributed by atoms with Gasteiger partial charge in [-0.15, -0.1) is 0 Å². The Hall–Kier alpha value is -1.84. The lowest BCUT2D eigenvalue weighted by Gasteiger charge is -2.35. The molecule has 0 unspecified atom stereocenters. The molecule has 23 heavy (non-hydrogen) atoms. The van der Waals surface area contributed by atoms with E-state index >= 15 is 0 Å². The fourth-order valence-electron chi connectivity index (χ4n) is 3.09. The van der Waals surface area contributed by atoms with Crippen LogP contribution in [0.3, 0.4) is 0 Å². The number of likely N-dealkylation sites (N-methyl/N-ethyl adjacent to an activating group) is 1. The van der Waals surface area contributed by atoms with Crippen molar-refractivity contribution in [3.05, 3.63) is 65.7 Å². The highest BCUT2D eigenvalue weighted by Gasteiger charge is 2.15. The molecule has 2 aromatic rings. The number of rotatable bonds is 6. The molecule has 0 aliphatic carbocycles. The van der Waals surface area contributed by atoms with E-state index in [0.29, 0.717) is 0 Å². The monoisotopic (exact) mass is 309 g/mol. The van der Waals surface area contributed by atoms with Crippen LogP contribution in [0.25, 0.3) is 0 Å². The second-order valence-corrected chi connectivity index (χ2v) is 6.18. The normalized spacial score (nSPS) is 15.8.